The van der Waals surface area contributed by atoms with E-state index in [0.717, 1.165) is 46.4 Å². The molecule has 4 aromatic rings. The summed E-state index contributed by atoms with van der Waals surface area (Å²) < 4.78 is 0. The van der Waals surface area contributed by atoms with Crippen LogP contribution in [0.25, 0.3) is 21.3 Å². The van der Waals surface area contributed by atoms with Gasteiger partial charge in [-0.25, -0.2) is 14.8 Å². The maximum Gasteiger partial charge on any atom is 0.323 e. The summed E-state index contributed by atoms with van der Waals surface area (Å²) in [7, 11) is 4.11. The van der Waals surface area contributed by atoms with Gasteiger partial charge in [0.1, 0.15) is 17.0 Å². The number of carbonyl (C=O) groups excluding carboxylic acids is 1. The van der Waals surface area contributed by atoms with E-state index < -0.39 is 0 Å². The molecule has 2 aromatic carbocycles. The molecular weight excluding hydrogens is 432 g/mol. The van der Waals surface area contributed by atoms with Crippen molar-refractivity contribution in [1.82, 2.24) is 14.9 Å². The van der Waals surface area contributed by atoms with Gasteiger partial charge in [-0.15, -0.1) is 11.3 Å². The van der Waals surface area contributed by atoms with E-state index in [4.69, 9.17) is 5.73 Å². The van der Waals surface area contributed by atoms with E-state index in [9.17, 15) is 4.79 Å². The summed E-state index contributed by atoms with van der Waals surface area (Å²) in [6.45, 7) is 3.11. The Morgan fingerprint density at radius 1 is 1.00 bits per heavy atom. The second-order valence-corrected chi connectivity index (χ2v) is 9.18. The van der Waals surface area contributed by atoms with Crippen molar-refractivity contribution in [2.45, 2.75) is 19.8 Å². The van der Waals surface area contributed by atoms with E-state index in [1.807, 2.05) is 48.5 Å². The molecule has 0 spiro atoms. The third-order valence-corrected chi connectivity index (χ3v) is 6.64. The van der Waals surface area contributed by atoms with Crippen LogP contribution in [0.15, 0.2) is 54.9 Å². The molecule has 2 amide bonds. The quantitative estimate of drug-likeness (QED) is 0.350. The molecule has 0 bridgehead atoms. The normalized spacial score (nSPS) is 11.2. The van der Waals surface area contributed by atoms with Crippen LogP contribution in [0.4, 0.5) is 22.0 Å². The van der Waals surface area contributed by atoms with Crippen molar-refractivity contribution >= 4 is 44.8 Å². The predicted octanol–water partition coefficient (Wildman–Crippen LogP) is 5.25. The van der Waals surface area contributed by atoms with Crippen LogP contribution in [-0.2, 0) is 12.8 Å². The van der Waals surface area contributed by atoms with Crippen LogP contribution < -0.4 is 16.4 Å². The number of urea groups is 1. The van der Waals surface area contributed by atoms with Gasteiger partial charge in [-0.3, -0.25) is 0 Å². The highest BCUT2D eigenvalue weighted by molar-refractivity contribution is 7.19. The minimum absolute atomic E-state index is 0.281. The van der Waals surface area contributed by atoms with Crippen LogP contribution >= 0.6 is 11.3 Å². The van der Waals surface area contributed by atoms with Crippen LogP contribution in [0.2, 0.25) is 0 Å². The van der Waals surface area contributed by atoms with Crippen molar-refractivity contribution in [2.24, 2.45) is 0 Å². The number of aryl methyl sites for hydroxylation is 1. The first-order valence-corrected chi connectivity index (χ1v) is 11.7. The Morgan fingerprint density at radius 3 is 2.24 bits per heavy atom. The fraction of sp³-hybridized carbons (Fsp3) is 0.240. The molecule has 4 rings (SSSR count). The summed E-state index contributed by atoms with van der Waals surface area (Å²) in [5, 5.41) is 6.67. The molecule has 0 aliphatic rings. The molecule has 4 N–H and O–H groups in total. The Morgan fingerprint density at radius 2 is 1.64 bits per heavy atom. The predicted molar refractivity (Wildman–Crippen MR) is 138 cm³/mol. The molecule has 0 saturated heterocycles. The molecule has 0 aliphatic heterocycles. The number of anilines is 3. The van der Waals surface area contributed by atoms with E-state index in [2.05, 4.69) is 46.5 Å². The van der Waals surface area contributed by atoms with Crippen LogP contribution in [-0.4, -0.2) is 41.5 Å². The summed E-state index contributed by atoms with van der Waals surface area (Å²) in [4.78, 5) is 25.3. The van der Waals surface area contributed by atoms with Gasteiger partial charge in [0, 0.05) is 28.4 Å². The van der Waals surface area contributed by atoms with Crippen LogP contribution in [0, 0.1) is 0 Å². The standard InChI is InChI=1S/C25H28N6OS/c1-4-20-21(22-23(26)27-15-28-24(22)33-20)17-7-11-19(12-8-17)30-25(32)29-18-9-5-16(6-10-18)13-14-31(2)3/h5-12,15H,4,13-14H2,1-3H3,(H2,26,27,28)(H2,29,30,32). The minimum atomic E-state index is -0.281. The number of nitrogens with two attached hydrogens (primary N) is 1. The molecule has 0 saturated carbocycles. The number of fused-ring (bicyclic) bond motifs is 1. The number of nitrogens with one attached hydrogen (secondary N) is 2. The third-order valence-electron chi connectivity index (χ3n) is 5.40. The first kappa shape index (κ1) is 22.7. The summed E-state index contributed by atoms with van der Waals surface area (Å²) in [5.74, 6) is 0.486. The number of amides is 2. The van der Waals surface area contributed by atoms with E-state index >= 15 is 0 Å². The smallest absolute Gasteiger partial charge is 0.323 e. The topological polar surface area (TPSA) is 96.2 Å². The molecule has 0 unspecified atom stereocenters. The lowest BCUT2D eigenvalue weighted by molar-refractivity contribution is 0.262. The van der Waals surface area contributed by atoms with Gasteiger partial charge in [-0.05, 0) is 62.3 Å². The lowest BCUT2D eigenvalue weighted by atomic mass is 10.0. The number of thiophene rings is 1. The maximum atomic E-state index is 12.5. The van der Waals surface area contributed by atoms with Gasteiger partial charge in [0.25, 0.3) is 0 Å². The summed E-state index contributed by atoms with van der Waals surface area (Å²) >= 11 is 1.64. The highest BCUT2D eigenvalue weighted by Gasteiger charge is 2.17. The van der Waals surface area contributed by atoms with E-state index in [1.54, 1.807) is 11.3 Å². The zero-order chi connectivity index (χ0) is 23.4. The maximum absolute atomic E-state index is 12.5. The summed E-state index contributed by atoms with van der Waals surface area (Å²) in [6.07, 6.45) is 3.36. The lowest BCUT2D eigenvalue weighted by Gasteiger charge is -2.11. The summed E-state index contributed by atoms with van der Waals surface area (Å²) in [6, 6.07) is 15.4. The Hall–Kier alpha value is -3.49. The number of hydrogen-bond donors (Lipinski definition) is 3. The number of nitrogen functional groups attached to an aromatic ring is 1. The molecule has 0 radical (unpaired) electrons. The first-order chi connectivity index (χ1) is 15.9. The van der Waals surface area contributed by atoms with Crippen molar-refractivity contribution in [2.75, 3.05) is 37.0 Å². The van der Waals surface area contributed by atoms with Gasteiger partial charge in [0.15, 0.2) is 0 Å². The Bertz CT molecular complexity index is 1250. The Balaban J connectivity index is 1.44. The molecule has 0 fully saturated rings. The third kappa shape index (κ3) is 5.30. The van der Waals surface area contributed by atoms with Gasteiger partial charge in [-0.2, -0.15) is 0 Å². The molecular formula is C25H28N6OS. The first-order valence-electron chi connectivity index (χ1n) is 10.9. The molecule has 170 valence electrons. The average molecular weight is 461 g/mol. The largest absolute Gasteiger partial charge is 0.383 e. The van der Waals surface area contributed by atoms with Crippen LogP contribution in [0.5, 0.6) is 0 Å². The van der Waals surface area contributed by atoms with Gasteiger partial charge in [0.05, 0.1) is 5.39 Å². The van der Waals surface area contributed by atoms with Gasteiger partial charge in [-0.1, -0.05) is 31.2 Å². The van der Waals surface area contributed by atoms with Crippen LogP contribution in [0.1, 0.15) is 17.4 Å². The number of carbonyl (C=O) groups is 1. The molecule has 0 aliphatic carbocycles. The zero-order valence-electron chi connectivity index (χ0n) is 19.1. The second kappa shape index (κ2) is 9.97. The lowest BCUT2D eigenvalue weighted by Crippen LogP contribution is -2.19. The van der Waals surface area contributed by atoms with Crippen molar-refractivity contribution in [3.05, 3.63) is 65.3 Å². The fourth-order valence-corrected chi connectivity index (χ4v) is 4.79. The van der Waals surface area contributed by atoms with E-state index in [0.29, 0.717) is 11.5 Å². The highest BCUT2D eigenvalue weighted by Crippen LogP contribution is 2.40. The number of aromatic nitrogens is 2. The number of likely N-dealkylation sites (N-methyl/N-ethyl adjacent to an activating group) is 1. The fourth-order valence-electron chi connectivity index (χ4n) is 3.68. The van der Waals surface area contributed by atoms with Crippen molar-refractivity contribution in [3.8, 4) is 11.1 Å². The average Bonchev–Trinajstić information content (AvgIpc) is 3.19. The zero-order valence-corrected chi connectivity index (χ0v) is 19.9. The molecule has 7 nitrogen and oxygen atoms in total. The highest BCUT2D eigenvalue weighted by atomic mass is 32.1. The van der Waals surface area contributed by atoms with Crippen molar-refractivity contribution in [3.63, 3.8) is 0 Å². The minimum Gasteiger partial charge on any atom is -0.383 e. The molecule has 33 heavy (non-hydrogen) atoms. The molecule has 2 heterocycles. The summed E-state index contributed by atoms with van der Waals surface area (Å²) in [5.41, 5.74) is 11.0. The van der Waals surface area contributed by atoms with Crippen molar-refractivity contribution < 1.29 is 4.79 Å². The Labute approximate surface area is 197 Å². The van der Waals surface area contributed by atoms with Gasteiger partial charge < -0.3 is 21.3 Å². The SMILES string of the molecule is CCc1sc2ncnc(N)c2c1-c1ccc(NC(=O)Nc2ccc(CCN(C)C)cc2)cc1. The monoisotopic (exact) mass is 460 g/mol. The van der Waals surface area contributed by atoms with Crippen molar-refractivity contribution in [1.29, 1.82) is 0 Å². The van der Waals surface area contributed by atoms with E-state index in [-0.39, 0.29) is 6.03 Å². The van der Waals surface area contributed by atoms with Gasteiger partial charge in [0.2, 0.25) is 0 Å². The number of benzene rings is 2. The Kier molecular flexibility index (Phi) is 6.86. The molecule has 2 aromatic heterocycles. The number of rotatable bonds is 7. The second-order valence-electron chi connectivity index (χ2n) is 8.10. The van der Waals surface area contributed by atoms with Gasteiger partial charge >= 0.3 is 6.03 Å². The molecule has 0 atom stereocenters. The molecule has 8 heteroatoms. The number of hydrogen-bond acceptors (Lipinski definition) is 6. The number of nitrogens with zero attached hydrogens (tertiary/aromatic N) is 3. The van der Waals surface area contributed by atoms with Crippen LogP contribution in [0.3, 0.4) is 0 Å². The van der Waals surface area contributed by atoms with E-state index in [1.165, 1.54) is 16.8 Å².